The largest absolute Gasteiger partial charge is 0.339 e. The molecule has 0 radical (unpaired) electrons. The molecule has 15 heavy (non-hydrogen) atoms. The Morgan fingerprint density at radius 3 is 2.60 bits per heavy atom. The number of alkyl halides is 1. The first-order chi connectivity index (χ1) is 7.28. The third-order valence-electron chi connectivity index (χ3n) is 1.90. The van der Waals surface area contributed by atoms with E-state index in [0.29, 0.717) is 23.5 Å². The summed E-state index contributed by atoms with van der Waals surface area (Å²) in [4.78, 5) is 4.19. The van der Waals surface area contributed by atoms with E-state index in [4.69, 9.17) is 16.1 Å². The molecule has 0 saturated heterocycles. The summed E-state index contributed by atoms with van der Waals surface area (Å²) in [5.41, 5.74) is 1.10. The van der Waals surface area contributed by atoms with Gasteiger partial charge in [0.15, 0.2) is 5.82 Å². The molecule has 3 nitrogen and oxygen atoms in total. The number of hydrogen-bond acceptors (Lipinski definition) is 3. The summed E-state index contributed by atoms with van der Waals surface area (Å²) < 4.78 is 5.07. The SMILES string of the molecule is Clc1ccc(Cc2nc(CBr)no2)cc1. The first kappa shape index (κ1) is 10.6. The lowest BCUT2D eigenvalue weighted by Crippen LogP contribution is -1.88. The molecule has 1 heterocycles. The second-order valence-corrected chi connectivity index (χ2v) is 4.04. The minimum absolute atomic E-state index is 0.608. The molecular weight excluding hydrogens is 279 g/mol. The van der Waals surface area contributed by atoms with Gasteiger partial charge in [-0.1, -0.05) is 44.8 Å². The van der Waals surface area contributed by atoms with Crippen LogP contribution in [0.1, 0.15) is 17.3 Å². The van der Waals surface area contributed by atoms with Gasteiger partial charge in [-0.25, -0.2) is 0 Å². The maximum Gasteiger partial charge on any atom is 0.231 e. The van der Waals surface area contributed by atoms with Crippen LogP contribution in [0.3, 0.4) is 0 Å². The van der Waals surface area contributed by atoms with Crippen molar-refractivity contribution in [3.63, 3.8) is 0 Å². The van der Waals surface area contributed by atoms with E-state index >= 15 is 0 Å². The molecule has 78 valence electrons. The topological polar surface area (TPSA) is 38.9 Å². The van der Waals surface area contributed by atoms with Crippen molar-refractivity contribution >= 4 is 27.5 Å². The highest BCUT2D eigenvalue weighted by molar-refractivity contribution is 9.08. The Labute approximate surface area is 101 Å². The predicted octanol–water partition coefficient (Wildman–Crippen LogP) is 3.21. The lowest BCUT2D eigenvalue weighted by atomic mass is 10.1. The van der Waals surface area contributed by atoms with Crippen molar-refractivity contribution in [2.45, 2.75) is 11.8 Å². The summed E-state index contributed by atoms with van der Waals surface area (Å²) in [5, 5.41) is 5.12. The predicted molar refractivity (Wildman–Crippen MR) is 61.2 cm³/mol. The van der Waals surface area contributed by atoms with Crippen molar-refractivity contribution in [3.05, 3.63) is 46.6 Å². The monoisotopic (exact) mass is 286 g/mol. The number of nitrogens with zero attached hydrogens (tertiary/aromatic N) is 2. The molecule has 5 heteroatoms. The third-order valence-corrected chi connectivity index (χ3v) is 2.65. The smallest absolute Gasteiger partial charge is 0.231 e. The van der Waals surface area contributed by atoms with Crippen molar-refractivity contribution in [1.29, 1.82) is 0 Å². The molecule has 0 N–H and O–H groups in total. The zero-order chi connectivity index (χ0) is 10.7. The highest BCUT2D eigenvalue weighted by Gasteiger charge is 2.05. The van der Waals surface area contributed by atoms with Crippen LogP contribution in [0.5, 0.6) is 0 Å². The Hall–Kier alpha value is -0.870. The third kappa shape index (κ3) is 2.79. The summed E-state index contributed by atoms with van der Waals surface area (Å²) in [6.07, 6.45) is 0.636. The maximum absolute atomic E-state index is 5.78. The van der Waals surface area contributed by atoms with Crippen LogP contribution in [0.4, 0.5) is 0 Å². The van der Waals surface area contributed by atoms with E-state index in [0.717, 1.165) is 10.6 Å². The van der Waals surface area contributed by atoms with Crippen molar-refractivity contribution < 1.29 is 4.52 Å². The second-order valence-electron chi connectivity index (χ2n) is 3.04. The fourth-order valence-electron chi connectivity index (χ4n) is 1.19. The number of halogens is 2. The van der Waals surface area contributed by atoms with E-state index in [1.54, 1.807) is 0 Å². The van der Waals surface area contributed by atoms with Gasteiger partial charge in [-0.05, 0) is 17.7 Å². The molecule has 0 atom stereocenters. The van der Waals surface area contributed by atoms with E-state index in [1.165, 1.54) is 0 Å². The standard InChI is InChI=1S/C10H8BrClN2O/c11-6-9-13-10(15-14-9)5-7-1-3-8(12)4-2-7/h1-4H,5-6H2. The molecule has 0 saturated carbocycles. The molecule has 0 aliphatic carbocycles. The van der Waals surface area contributed by atoms with Crippen LogP contribution >= 0.6 is 27.5 Å². The Balaban J connectivity index is 2.11. The summed E-state index contributed by atoms with van der Waals surface area (Å²) >= 11 is 9.05. The van der Waals surface area contributed by atoms with Crippen molar-refractivity contribution in [2.75, 3.05) is 0 Å². The van der Waals surface area contributed by atoms with Gasteiger partial charge in [-0.15, -0.1) is 0 Å². The fourth-order valence-corrected chi connectivity index (χ4v) is 1.55. The van der Waals surface area contributed by atoms with Crippen LogP contribution in [0.25, 0.3) is 0 Å². The fraction of sp³-hybridized carbons (Fsp3) is 0.200. The molecule has 2 aromatic rings. The summed E-state index contributed by atoms with van der Waals surface area (Å²) in [6.45, 7) is 0. The molecule has 0 amide bonds. The summed E-state index contributed by atoms with van der Waals surface area (Å²) in [6, 6.07) is 7.58. The van der Waals surface area contributed by atoms with E-state index in [1.807, 2.05) is 24.3 Å². The highest BCUT2D eigenvalue weighted by Crippen LogP contribution is 2.13. The van der Waals surface area contributed by atoms with Crippen molar-refractivity contribution in [2.24, 2.45) is 0 Å². The lowest BCUT2D eigenvalue weighted by Gasteiger charge is -1.95. The van der Waals surface area contributed by atoms with Crippen LogP contribution < -0.4 is 0 Å². The summed E-state index contributed by atoms with van der Waals surface area (Å²) in [5.74, 6) is 1.28. The average Bonchev–Trinajstić information content (AvgIpc) is 2.69. The lowest BCUT2D eigenvalue weighted by molar-refractivity contribution is 0.381. The van der Waals surface area contributed by atoms with Gasteiger partial charge in [0, 0.05) is 5.02 Å². The number of benzene rings is 1. The molecule has 1 aromatic carbocycles. The molecular formula is C10H8BrClN2O. The van der Waals surface area contributed by atoms with E-state index in [-0.39, 0.29) is 0 Å². The Morgan fingerprint density at radius 1 is 1.27 bits per heavy atom. The van der Waals surface area contributed by atoms with Gasteiger partial charge in [-0.3, -0.25) is 0 Å². The molecule has 0 bridgehead atoms. The number of aromatic nitrogens is 2. The quantitative estimate of drug-likeness (QED) is 0.814. The first-order valence-corrected chi connectivity index (χ1v) is 5.90. The van der Waals surface area contributed by atoms with Crippen LogP contribution in [0, 0.1) is 0 Å². The van der Waals surface area contributed by atoms with Crippen LogP contribution in [-0.4, -0.2) is 10.1 Å². The van der Waals surface area contributed by atoms with Gasteiger partial charge < -0.3 is 4.52 Å². The van der Waals surface area contributed by atoms with Gasteiger partial charge in [0.05, 0.1) is 11.8 Å². The first-order valence-electron chi connectivity index (χ1n) is 4.40. The number of rotatable bonds is 3. The second kappa shape index (κ2) is 4.77. The van der Waals surface area contributed by atoms with Crippen molar-refractivity contribution in [3.8, 4) is 0 Å². The van der Waals surface area contributed by atoms with Crippen LogP contribution in [0.15, 0.2) is 28.8 Å². The minimum Gasteiger partial charge on any atom is -0.339 e. The van der Waals surface area contributed by atoms with Crippen LogP contribution in [-0.2, 0) is 11.8 Å². The Morgan fingerprint density at radius 2 is 2.00 bits per heavy atom. The van der Waals surface area contributed by atoms with Gasteiger partial charge in [-0.2, -0.15) is 4.98 Å². The maximum atomic E-state index is 5.78. The van der Waals surface area contributed by atoms with Gasteiger partial charge in [0.25, 0.3) is 0 Å². The molecule has 0 aliphatic rings. The van der Waals surface area contributed by atoms with Gasteiger partial charge in [0.1, 0.15) is 0 Å². The molecule has 0 unspecified atom stereocenters. The normalized spacial score (nSPS) is 10.5. The van der Waals surface area contributed by atoms with E-state index in [2.05, 4.69) is 26.1 Å². The highest BCUT2D eigenvalue weighted by atomic mass is 79.9. The number of hydrogen-bond donors (Lipinski definition) is 0. The van der Waals surface area contributed by atoms with Crippen molar-refractivity contribution in [1.82, 2.24) is 10.1 Å². The molecule has 1 aromatic heterocycles. The Bertz CT molecular complexity index is 441. The van der Waals surface area contributed by atoms with E-state index < -0.39 is 0 Å². The van der Waals surface area contributed by atoms with Crippen LogP contribution in [0.2, 0.25) is 5.02 Å². The molecule has 0 spiro atoms. The van der Waals surface area contributed by atoms with Gasteiger partial charge in [0.2, 0.25) is 5.89 Å². The molecule has 2 rings (SSSR count). The average molecular weight is 288 g/mol. The Kier molecular flexibility index (Phi) is 3.38. The molecule has 0 aliphatic heterocycles. The minimum atomic E-state index is 0.608. The van der Waals surface area contributed by atoms with Gasteiger partial charge >= 0.3 is 0 Å². The zero-order valence-corrected chi connectivity index (χ0v) is 10.1. The zero-order valence-electron chi connectivity index (χ0n) is 7.78. The molecule has 0 fully saturated rings. The van der Waals surface area contributed by atoms with E-state index in [9.17, 15) is 0 Å². The summed E-state index contributed by atoms with van der Waals surface area (Å²) in [7, 11) is 0.